The molecule has 6 heteroatoms. The van der Waals surface area contributed by atoms with Crippen molar-refractivity contribution in [3.63, 3.8) is 0 Å². The van der Waals surface area contributed by atoms with Crippen LogP contribution in [-0.2, 0) is 9.05 Å². The van der Waals surface area contributed by atoms with E-state index in [0.29, 0.717) is 11.1 Å². The maximum Gasteiger partial charge on any atom is 0.261 e. The van der Waals surface area contributed by atoms with Crippen LogP contribution in [-0.4, -0.2) is 32.3 Å². The van der Waals surface area contributed by atoms with Crippen molar-refractivity contribution in [2.75, 3.05) is 13.1 Å². The molecule has 0 aliphatic carbocycles. The van der Waals surface area contributed by atoms with Gasteiger partial charge >= 0.3 is 0 Å². The highest BCUT2D eigenvalue weighted by Gasteiger charge is 2.21. The van der Waals surface area contributed by atoms with Crippen LogP contribution in [0.4, 0.5) is 0 Å². The zero-order valence-corrected chi connectivity index (χ0v) is 11.6. The molecule has 1 aliphatic heterocycles. The van der Waals surface area contributed by atoms with Gasteiger partial charge in [-0.1, -0.05) is 0 Å². The molecule has 1 heterocycles. The number of aryl methyl sites for hydroxylation is 1. The topological polar surface area (TPSA) is 54.5 Å². The SMILES string of the molecule is Cc1cc(C(=O)N2CCCC2)ccc1S(=O)(=O)Cl. The predicted molar refractivity (Wildman–Crippen MR) is 69.4 cm³/mol. The third-order valence-electron chi connectivity index (χ3n) is 3.08. The van der Waals surface area contributed by atoms with Crippen LogP contribution in [0, 0.1) is 6.92 Å². The molecule has 0 atom stereocenters. The maximum atomic E-state index is 12.1. The average Bonchev–Trinajstić information content (AvgIpc) is 2.79. The third-order valence-corrected chi connectivity index (χ3v) is 4.56. The molecule has 0 saturated carbocycles. The zero-order chi connectivity index (χ0) is 13.3. The van der Waals surface area contributed by atoms with E-state index in [2.05, 4.69) is 0 Å². The fraction of sp³-hybridized carbons (Fsp3) is 0.417. The highest BCUT2D eigenvalue weighted by atomic mass is 35.7. The van der Waals surface area contributed by atoms with E-state index in [-0.39, 0.29) is 10.8 Å². The fourth-order valence-electron chi connectivity index (χ4n) is 2.16. The van der Waals surface area contributed by atoms with Gasteiger partial charge in [0.15, 0.2) is 0 Å². The number of rotatable bonds is 2. The highest BCUT2D eigenvalue weighted by Crippen LogP contribution is 2.22. The van der Waals surface area contributed by atoms with E-state index in [1.165, 1.54) is 12.1 Å². The lowest BCUT2D eigenvalue weighted by atomic mass is 10.1. The largest absolute Gasteiger partial charge is 0.339 e. The molecular weight excluding hydrogens is 274 g/mol. The minimum Gasteiger partial charge on any atom is -0.339 e. The minimum absolute atomic E-state index is 0.0471. The van der Waals surface area contributed by atoms with E-state index >= 15 is 0 Å². The first kappa shape index (κ1) is 13.4. The zero-order valence-electron chi connectivity index (χ0n) is 10.0. The molecule has 0 unspecified atom stereocenters. The van der Waals surface area contributed by atoms with Gasteiger partial charge in [0.05, 0.1) is 4.90 Å². The van der Waals surface area contributed by atoms with Crippen LogP contribution in [0.25, 0.3) is 0 Å². The highest BCUT2D eigenvalue weighted by molar-refractivity contribution is 8.13. The Bertz CT molecular complexity index is 577. The van der Waals surface area contributed by atoms with Crippen molar-refractivity contribution in [1.29, 1.82) is 0 Å². The lowest BCUT2D eigenvalue weighted by Gasteiger charge is -2.15. The minimum atomic E-state index is -3.75. The van der Waals surface area contributed by atoms with E-state index in [0.717, 1.165) is 25.9 Å². The third kappa shape index (κ3) is 2.67. The molecule has 1 fully saturated rings. The van der Waals surface area contributed by atoms with Crippen LogP contribution in [0.5, 0.6) is 0 Å². The van der Waals surface area contributed by atoms with Crippen molar-refractivity contribution in [1.82, 2.24) is 4.90 Å². The Morgan fingerprint density at radius 1 is 1.28 bits per heavy atom. The number of hydrogen-bond donors (Lipinski definition) is 0. The van der Waals surface area contributed by atoms with Crippen molar-refractivity contribution in [2.45, 2.75) is 24.7 Å². The van der Waals surface area contributed by atoms with Crippen molar-refractivity contribution in [3.8, 4) is 0 Å². The van der Waals surface area contributed by atoms with Gasteiger partial charge in [0.2, 0.25) is 0 Å². The monoisotopic (exact) mass is 287 g/mol. The van der Waals surface area contributed by atoms with Gasteiger partial charge in [-0.2, -0.15) is 0 Å². The number of nitrogens with zero attached hydrogens (tertiary/aromatic N) is 1. The molecule has 0 N–H and O–H groups in total. The number of likely N-dealkylation sites (tertiary alicyclic amines) is 1. The molecule has 2 rings (SSSR count). The molecule has 0 aromatic heterocycles. The standard InChI is InChI=1S/C12H14ClNO3S/c1-9-8-10(4-5-11(9)18(13,16)17)12(15)14-6-2-3-7-14/h4-5,8H,2-3,6-7H2,1H3. The van der Waals surface area contributed by atoms with Gasteiger partial charge in [0.1, 0.15) is 0 Å². The molecule has 1 aromatic carbocycles. The Balaban J connectivity index is 2.31. The van der Waals surface area contributed by atoms with E-state index in [9.17, 15) is 13.2 Å². The molecule has 1 aliphatic rings. The summed E-state index contributed by atoms with van der Waals surface area (Å²) in [4.78, 5) is 13.9. The van der Waals surface area contributed by atoms with Crippen LogP contribution in [0.1, 0.15) is 28.8 Å². The number of amides is 1. The molecule has 98 valence electrons. The average molecular weight is 288 g/mol. The second-order valence-corrected chi connectivity index (χ2v) is 6.95. The normalized spacial score (nSPS) is 16.0. The summed E-state index contributed by atoms with van der Waals surface area (Å²) in [6, 6.07) is 4.49. The van der Waals surface area contributed by atoms with E-state index in [4.69, 9.17) is 10.7 Å². The van der Waals surface area contributed by atoms with Crippen molar-refractivity contribution >= 4 is 25.6 Å². The van der Waals surface area contributed by atoms with Crippen molar-refractivity contribution in [3.05, 3.63) is 29.3 Å². The van der Waals surface area contributed by atoms with Crippen LogP contribution >= 0.6 is 10.7 Å². The molecule has 4 nitrogen and oxygen atoms in total. The van der Waals surface area contributed by atoms with Crippen LogP contribution in [0.15, 0.2) is 23.1 Å². The second-order valence-electron chi connectivity index (χ2n) is 4.42. The van der Waals surface area contributed by atoms with Gasteiger partial charge in [-0.25, -0.2) is 8.42 Å². The lowest BCUT2D eigenvalue weighted by molar-refractivity contribution is 0.0792. The molecule has 18 heavy (non-hydrogen) atoms. The quantitative estimate of drug-likeness (QED) is 0.783. The Morgan fingerprint density at radius 3 is 2.39 bits per heavy atom. The molecule has 1 amide bonds. The van der Waals surface area contributed by atoms with Crippen molar-refractivity contribution < 1.29 is 13.2 Å². The van der Waals surface area contributed by atoms with Gasteiger partial charge in [-0.05, 0) is 43.5 Å². The van der Waals surface area contributed by atoms with E-state index < -0.39 is 9.05 Å². The molecule has 0 radical (unpaired) electrons. The molecule has 1 aromatic rings. The van der Waals surface area contributed by atoms with E-state index in [1.807, 2.05) is 0 Å². The van der Waals surface area contributed by atoms with Crippen LogP contribution < -0.4 is 0 Å². The van der Waals surface area contributed by atoms with Gasteiger partial charge < -0.3 is 4.90 Å². The smallest absolute Gasteiger partial charge is 0.261 e. The number of carbonyl (C=O) groups is 1. The van der Waals surface area contributed by atoms with Gasteiger partial charge in [-0.3, -0.25) is 4.79 Å². The van der Waals surface area contributed by atoms with Gasteiger partial charge in [0.25, 0.3) is 15.0 Å². The summed E-state index contributed by atoms with van der Waals surface area (Å²) < 4.78 is 22.5. The first-order valence-electron chi connectivity index (χ1n) is 5.74. The molecular formula is C12H14ClNO3S. The molecule has 1 saturated heterocycles. The summed E-state index contributed by atoms with van der Waals surface area (Å²) in [6.45, 7) is 3.18. The number of hydrogen-bond acceptors (Lipinski definition) is 3. The lowest BCUT2D eigenvalue weighted by Crippen LogP contribution is -2.27. The Morgan fingerprint density at radius 2 is 1.89 bits per heavy atom. The van der Waals surface area contributed by atoms with Gasteiger partial charge in [-0.15, -0.1) is 0 Å². The maximum absolute atomic E-state index is 12.1. The summed E-state index contributed by atoms with van der Waals surface area (Å²) in [6.07, 6.45) is 2.05. The summed E-state index contributed by atoms with van der Waals surface area (Å²) in [5.74, 6) is -0.0471. The Labute approximate surface area is 111 Å². The number of carbonyl (C=O) groups excluding carboxylic acids is 1. The number of benzene rings is 1. The summed E-state index contributed by atoms with van der Waals surface area (Å²) >= 11 is 0. The summed E-state index contributed by atoms with van der Waals surface area (Å²) in [5, 5.41) is 0. The summed E-state index contributed by atoms with van der Waals surface area (Å²) in [7, 11) is 1.55. The second kappa shape index (κ2) is 4.90. The predicted octanol–water partition coefficient (Wildman–Crippen LogP) is 2.16. The van der Waals surface area contributed by atoms with Crippen LogP contribution in [0.2, 0.25) is 0 Å². The molecule has 0 spiro atoms. The first-order chi connectivity index (χ1) is 8.39. The Kier molecular flexibility index (Phi) is 3.64. The molecule has 0 bridgehead atoms. The first-order valence-corrected chi connectivity index (χ1v) is 8.05. The summed E-state index contributed by atoms with van der Waals surface area (Å²) in [5.41, 5.74) is 1.01. The van der Waals surface area contributed by atoms with E-state index in [1.54, 1.807) is 17.9 Å². The fourth-order valence-corrected chi connectivity index (χ4v) is 3.35. The number of halogens is 1. The van der Waals surface area contributed by atoms with Crippen LogP contribution in [0.3, 0.4) is 0 Å². The van der Waals surface area contributed by atoms with Gasteiger partial charge in [0, 0.05) is 29.3 Å². The van der Waals surface area contributed by atoms with Crippen molar-refractivity contribution in [2.24, 2.45) is 0 Å². The Hall–Kier alpha value is -1.07.